The molecule has 28 heteroatoms. The number of likely N-dealkylation sites (N-methyl/N-ethyl adjacent to an activating group) is 1. The number of carbonyl (C=O) groups excluding carboxylic acids is 5. The number of fused-ring (bicyclic) bond motifs is 2. The Labute approximate surface area is 428 Å². The number of unbranched alkanes of at least 4 members (excludes halogenated alkanes) is 1. The van der Waals surface area contributed by atoms with E-state index in [1.807, 2.05) is 5.43 Å². The quantitative estimate of drug-likeness (QED) is 0.0120. The van der Waals surface area contributed by atoms with Gasteiger partial charge in [-0.3, -0.25) is 34.0 Å². The third-order valence-corrected chi connectivity index (χ3v) is 11.6. The molecule has 74 heavy (non-hydrogen) atoms. The lowest BCUT2D eigenvalue weighted by Gasteiger charge is -2.24. The maximum atomic E-state index is 13.6. The van der Waals surface area contributed by atoms with Crippen molar-refractivity contribution in [3.05, 3.63) is 39.3 Å². The van der Waals surface area contributed by atoms with E-state index in [9.17, 15) is 38.7 Å². The van der Waals surface area contributed by atoms with E-state index in [1.165, 1.54) is 27.2 Å². The minimum absolute atomic E-state index is 0.0328. The van der Waals surface area contributed by atoms with Gasteiger partial charge in [0.05, 0.1) is 78.7 Å². The second kappa shape index (κ2) is 32.9. The number of aryl methyl sites for hydroxylation is 1. The summed E-state index contributed by atoms with van der Waals surface area (Å²) in [5.74, 6) is 2.65. The number of hydrogen-bond donors (Lipinski definition) is 7. The second-order valence-electron chi connectivity index (χ2n) is 17.6. The van der Waals surface area contributed by atoms with Gasteiger partial charge in [-0.2, -0.15) is 0 Å². The number of hydrogen-bond acceptors (Lipinski definition) is 21. The molecule has 0 bridgehead atoms. The molecule has 2 aromatic heterocycles. The number of aliphatic hydroxyl groups is 1. The number of allylic oxidation sites excluding steroid dienone is 1. The van der Waals surface area contributed by atoms with Crippen molar-refractivity contribution >= 4 is 40.8 Å². The van der Waals surface area contributed by atoms with Gasteiger partial charge >= 0.3 is 11.8 Å². The van der Waals surface area contributed by atoms with Crippen LogP contribution in [0.3, 0.4) is 0 Å². The molecule has 0 saturated carbocycles. The predicted molar refractivity (Wildman–Crippen MR) is 261 cm³/mol. The smallest absolute Gasteiger partial charge is 0.409 e. The molecule has 0 aliphatic carbocycles. The molecule has 418 valence electrons. The number of aromatic amines is 1. The molecule has 9 N–H and O–H groups in total. The summed E-state index contributed by atoms with van der Waals surface area (Å²) in [7, 11) is 1.50. The van der Waals surface area contributed by atoms with Gasteiger partial charge in [0.1, 0.15) is 44.0 Å². The molecule has 1 unspecified atom stereocenters. The van der Waals surface area contributed by atoms with Gasteiger partial charge in [0, 0.05) is 39.0 Å². The van der Waals surface area contributed by atoms with Crippen LogP contribution in [0.15, 0.2) is 22.2 Å². The van der Waals surface area contributed by atoms with Gasteiger partial charge < -0.3 is 78.7 Å². The Kier molecular flexibility index (Phi) is 27.3. The number of imidazole rings is 1. The third kappa shape index (κ3) is 19.2. The van der Waals surface area contributed by atoms with Crippen LogP contribution in [0.5, 0.6) is 0 Å². The normalized spacial score (nSPS) is 19.1. The van der Waals surface area contributed by atoms with Crippen molar-refractivity contribution in [2.24, 2.45) is 23.4 Å². The number of nitrogens with zero attached hydrogens (tertiary/aromatic N) is 4. The maximum absolute atomic E-state index is 13.6. The first-order chi connectivity index (χ1) is 35.6. The lowest BCUT2D eigenvalue weighted by molar-refractivity contribution is -0.171. The Morgan fingerprint density at radius 1 is 0.892 bits per heavy atom. The molecule has 2 aliphatic rings. The Morgan fingerprint density at radius 3 is 2.12 bits per heavy atom. The van der Waals surface area contributed by atoms with Crippen molar-refractivity contribution in [1.29, 1.82) is 0 Å². The number of aromatic nitrogens is 4. The standard InChI is InChI=1S/C46H76N10O18/c1-6-12-55-38-41(50-30(4)51-43(38)62)56(45(55)63)44-40-39(33(25-57)72-44)73-36(74-40)28-70-22-23-71-46(64)54(5)13-11-49-42(61)31(9-7-8-10-47)24-32(58)37(29(2)3)52-34(59)26-68-20-18-66-16-14-65-15-17-67-19-21-69-27-35(60)53-48/h6,29,31,33,36-37,39-40,44,57H,1,7-28,47-48H2,2-5H3,(H,49,61)(H,52,59)(H,53,60)(H,50,51,62)/t31-,33-,36?,37+,39-,40-,44-/m1/s1. The number of rotatable bonds is 38. The van der Waals surface area contributed by atoms with Crippen LogP contribution < -0.4 is 38.9 Å². The van der Waals surface area contributed by atoms with E-state index in [-0.39, 0.29) is 114 Å². The zero-order chi connectivity index (χ0) is 54.0. The second-order valence-corrected chi connectivity index (χ2v) is 17.6. The van der Waals surface area contributed by atoms with Crippen molar-refractivity contribution in [3.63, 3.8) is 0 Å². The summed E-state index contributed by atoms with van der Waals surface area (Å²) in [6.45, 7) is 10.5. The third-order valence-electron chi connectivity index (χ3n) is 11.6. The number of H-pyrrole nitrogens is 1. The lowest BCUT2D eigenvalue weighted by Crippen LogP contribution is -2.47. The van der Waals surface area contributed by atoms with Gasteiger partial charge in [-0.1, -0.05) is 26.3 Å². The summed E-state index contributed by atoms with van der Waals surface area (Å²) in [4.78, 5) is 98.3. The van der Waals surface area contributed by atoms with Crippen LogP contribution in [-0.4, -0.2) is 209 Å². The molecule has 0 spiro atoms. The van der Waals surface area contributed by atoms with Crippen molar-refractivity contribution in [2.75, 3.05) is 119 Å². The fourth-order valence-corrected chi connectivity index (χ4v) is 7.93. The molecule has 0 aromatic carbocycles. The highest BCUT2D eigenvalue weighted by Crippen LogP contribution is 2.39. The van der Waals surface area contributed by atoms with Crippen LogP contribution in [0.2, 0.25) is 0 Å². The summed E-state index contributed by atoms with van der Waals surface area (Å²) < 4.78 is 58.3. The Hall–Kier alpha value is -5.24. The maximum Gasteiger partial charge on any atom is 0.409 e. The molecule has 4 amide bonds. The van der Waals surface area contributed by atoms with E-state index in [4.69, 9.17) is 58.9 Å². The number of nitrogens with two attached hydrogens (primary N) is 2. The predicted octanol–water partition coefficient (Wildman–Crippen LogP) is -2.50. The SMILES string of the molecule is C=CCn1c(=O)n([C@@H]2O[C@H](CO)[C@H]3OC(COCCOC(=O)N(C)CCNC(=O)[C@H](CCCCN)CC(=O)[C@@H](NC(=O)COCCOCCOCCOCCOCC(=O)NN)C(C)C)O[C@H]32)c2nc(C)[nH]c(=O)c21. The Morgan fingerprint density at radius 2 is 1.51 bits per heavy atom. The summed E-state index contributed by atoms with van der Waals surface area (Å²) in [6.07, 6.45) is -2.25. The highest BCUT2D eigenvalue weighted by atomic mass is 16.8. The highest BCUT2D eigenvalue weighted by Gasteiger charge is 2.54. The van der Waals surface area contributed by atoms with Gasteiger partial charge in [0.2, 0.25) is 11.8 Å². The summed E-state index contributed by atoms with van der Waals surface area (Å²) >= 11 is 0. The molecule has 4 heterocycles. The minimum Gasteiger partial charge on any atom is -0.447 e. The molecule has 7 atom stereocenters. The monoisotopic (exact) mass is 1060 g/mol. The summed E-state index contributed by atoms with van der Waals surface area (Å²) in [6, 6.07) is -0.863. The number of carbonyl (C=O) groups is 5. The highest BCUT2D eigenvalue weighted by molar-refractivity contribution is 5.93. The first kappa shape index (κ1) is 61.3. The van der Waals surface area contributed by atoms with Crippen LogP contribution in [0.1, 0.15) is 51.6 Å². The van der Waals surface area contributed by atoms with E-state index < -0.39 is 78.6 Å². The van der Waals surface area contributed by atoms with Crippen molar-refractivity contribution in [1.82, 2.24) is 40.1 Å². The number of nitrogens with one attached hydrogen (secondary N) is 4. The number of amides is 4. The number of ketones is 1. The molecule has 2 aromatic rings. The first-order valence-corrected chi connectivity index (χ1v) is 24.7. The molecule has 4 rings (SSSR count). The fraction of sp³-hybridized carbons (Fsp3) is 0.739. The van der Waals surface area contributed by atoms with Gasteiger partial charge in [-0.25, -0.2) is 25.0 Å². The van der Waals surface area contributed by atoms with Gasteiger partial charge in [-0.15, -0.1) is 6.58 Å². The van der Waals surface area contributed by atoms with Gasteiger partial charge in [-0.05, 0) is 32.2 Å². The Bertz CT molecular complexity index is 2210. The van der Waals surface area contributed by atoms with E-state index in [1.54, 1.807) is 20.8 Å². The van der Waals surface area contributed by atoms with Gasteiger partial charge in [0.15, 0.2) is 29.5 Å². The number of Topliss-reactive ketones (excluding diaryl/α,β-unsaturated/α-hetero) is 1. The molecule has 28 nitrogen and oxygen atoms in total. The molecule has 2 fully saturated rings. The van der Waals surface area contributed by atoms with Gasteiger partial charge in [0.25, 0.3) is 11.5 Å². The molecule has 2 saturated heterocycles. The van der Waals surface area contributed by atoms with Crippen LogP contribution in [0.25, 0.3) is 11.2 Å². The number of ether oxygens (including phenoxy) is 10. The summed E-state index contributed by atoms with van der Waals surface area (Å²) in [5.41, 5.74) is 6.67. The topological polar surface area (TPSA) is 362 Å². The average Bonchev–Trinajstić information content (AvgIpc) is 4.02. The van der Waals surface area contributed by atoms with Crippen LogP contribution >= 0.6 is 0 Å². The zero-order valence-electron chi connectivity index (χ0n) is 42.8. The molecule has 0 radical (unpaired) electrons. The average molecular weight is 1060 g/mol. The van der Waals surface area contributed by atoms with E-state index in [0.29, 0.717) is 58.8 Å². The largest absolute Gasteiger partial charge is 0.447 e. The molecular formula is C46H76N10O18. The molecular weight excluding hydrogens is 981 g/mol. The number of hydrazine groups is 1. The minimum atomic E-state index is -1.10. The number of aliphatic hydroxyl groups excluding tert-OH is 1. The van der Waals surface area contributed by atoms with Crippen LogP contribution in [0.4, 0.5) is 4.79 Å². The molecule has 2 aliphatic heterocycles. The van der Waals surface area contributed by atoms with Crippen molar-refractivity contribution in [3.8, 4) is 0 Å². The van der Waals surface area contributed by atoms with Crippen LogP contribution in [0, 0.1) is 18.8 Å². The fourth-order valence-electron chi connectivity index (χ4n) is 7.93. The first-order valence-electron chi connectivity index (χ1n) is 24.7. The van der Waals surface area contributed by atoms with E-state index >= 15 is 0 Å². The summed E-state index contributed by atoms with van der Waals surface area (Å²) in [5, 5.41) is 15.6. The van der Waals surface area contributed by atoms with Crippen LogP contribution in [-0.2, 0) is 73.1 Å². The lowest BCUT2D eigenvalue weighted by atomic mass is 9.89. The van der Waals surface area contributed by atoms with E-state index in [2.05, 4.69) is 27.2 Å². The van der Waals surface area contributed by atoms with Crippen molar-refractivity contribution in [2.45, 2.75) is 89.9 Å². The van der Waals surface area contributed by atoms with E-state index in [0.717, 1.165) is 0 Å². The van der Waals surface area contributed by atoms with Crippen molar-refractivity contribution < 1.29 is 76.4 Å². The zero-order valence-corrected chi connectivity index (χ0v) is 42.8. The Balaban J connectivity index is 1.12.